The normalized spacial score (nSPS) is 20.2. The van der Waals surface area contributed by atoms with Crippen LogP contribution >= 0.6 is 0 Å². The summed E-state index contributed by atoms with van der Waals surface area (Å²) in [6.07, 6.45) is 2.55. The Morgan fingerprint density at radius 1 is 1.37 bits per heavy atom. The van der Waals surface area contributed by atoms with E-state index in [-0.39, 0.29) is 0 Å². The van der Waals surface area contributed by atoms with Crippen LogP contribution in [-0.4, -0.2) is 48.1 Å². The van der Waals surface area contributed by atoms with E-state index in [1.165, 1.54) is 19.4 Å². The Balaban J connectivity index is 1.91. The Bertz CT molecular complexity index is 408. The number of nitrogen functional groups attached to an aromatic ring is 1. The first kappa shape index (κ1) is 13.9. The topological polar surface area (TPSA) is 79.1 Å². The molecule has 0 saturated carbocycles. The third-order valence-corrected chi connectivity index (χ3v) is 3.40. The molecule has 6 heteroatoms. The molecule has 4 N–H and O–H groups in total. The summed E-state index contributed by atoms with van der Waals surface area (Å²) in [7, 11) is 2.18. The molecule has 2 rings (SSSR count). The molecular formula is C13H24N6. The number of aromatic nitrogens is 2. The van der Waals surface area contributed by atoms with Crippen molar-refractivity contribution < 1.29 is 0 Å². The number of nitrogens with two attached hydrogens (primary N) is 1. The minimum absolute atomic E-state index is 0.307. The van der Waals surface area contributed by atoms with Crippen molar-refractivity contribution in [1.29, 1.82) is 0 Å². The maximum Gasteiger partial charge on any atom is 0.223 e. The van der Waals surface area contributed by atoms with Crippen LogP contribution in [0.1, 0.15) is 19.8 Å². The smallest absolute Gasteiger partial charge is 0.223 e. The van der Waals surface area contributed by atoms with Crippen molar-refractivity contribution >= 4 is 17.6 Å². The van der Waals surface area contributed by atoms with Gasteiger partial charge in [0.2, 0.25) is 5.95 Å². The molecule has 0 radical (unpaired) electrons. The van der Waals surface area contributed by atoms with Gasteiger partial charge in [0.15, 0.2) is 0 Å². The summed E-state index contributed by atoms with van der Waals surface area (Å²) >= 11 is 0. The van der Waals surface area contributed by atoms with Gasteiger partial charge in [-0.05, 0) is 39.3 Å². The van der Waals surface area contributed by atoms with Crippen LogP contribution in [0.2, 0.25) is 0 Å². The van der Waals surface area contributed by atoms with Crippen molar-refractivity contribution in [1.82, 2.24) is 14.9 Å². The summed E-state index contributed by atoms with van der Waals surface area (Å²) in [5.74, 6) is 2.56. The molecule has 1 aromatic heterocycles. The Kier molecular flexibility index (Phi) is 4.79. The zero-order valence-electron chi connectivity index (χ0n) is 11.8. The molecule has 1 atom stereocenters. The molecule has 0 spiro atoms. The Hall–Kier alpha value is -1.56. The minimum Gasteiger partial charge on any atom is -0.370 e. The predicted octanol–water partition coefficient (Wildman–Crippen LogP) is 1.24. The van der Waals surface area contributed by atoms with Crippen LogP contribution in [0, 0.1) is 5.92 Å². The summed E-state index contributed by atoms with van der Waals surface area (Å²) in [6.45, 7) is 6.15. The third-order valence-electron chi connectivity index (χ3n) is 3.40. The van der Waals surface area contributed by atoms with Gasteiger partial charge in [0.25, 0.3) is 0 Å². The number of nitrogens with one attached hydrogen (secondary N) is 2. The monoisotopic (exact) mass is 264 g/mol. The summed E-state index contributed by atoms with van der Waals surface area (Å²) in [4.78, 5) is 10.7. The van der Waals surface area contributed by atoms with Gasteiger partial charge < -0.3 is 21.3 Å². The van der Waals surface area contributed by atoms with E-state index < -0.39 is 0 Å². The number of anilines is 3. The molecule has 2 heterocycles. The van der Waals surface area contributed by atoms with Crippen molar-refractivity contribution in [3.05, 3.63) is 6.07 Å². The molecule has 1 fully saturated rings. The fourth-order valence-corrected chi connectivity index (χ4v) is 2.52. The molecule has 6 nitrogen and oxygen atoms in total. The van der Waals surface area contributed by atoms with E-state index in [0.29, 0.717) is 11.9 Å². The first-order chi connectivity index (χ1) is 9.17. The minimum atomic E-state index is 0.307. The maximum atomic E-state index is 5.71. The maximum absolute atomic E-state index is 5.71. The van der Waals surface area contributed by atoms with Gasteiger partial charge in [-0.1, -0.05) is 0 Å². The lowest BCUT2D eigenvalue weighted by Gasteiger charge is -2.29. The Morgan fingerprint density at radius 2 is 2.11 bits per heavy atom. The van der Waals surface area contributed by atoms with Crippen LogP contribution in [0.5, 0.6) is 0 Å². The van der Waals surface area contributed by atoms with E-state index in [0.717, 1.165) is 31.3 Å². The van der Waals surface area contributed by atoms with Gasteiger partial charge in [-0.25, -0.2) is 0 Å². The molecule has 1 unspecified atom stereocenters. The molecule has 1 aromatic rings. The zero-order valence-corrected chi connectivity index (χ0v) is 11.8. The second-order valence-corrected chi connectivity index (χ2v) is 5.18. The highest BCUT2D eigenvalue weighted by Crippen LogP contribution is 2.17. The number of likely N-dealkylation sites (tertiary alicyclic amines) is 1. The first-order valence-electron chi connectivity index (χ1n) is 6.98. The molecule has 0 bridgehead atoms. The molecule has 19 heavy (non-hydrogen) atoms. The molecule has 0 amide bonds. The molecular weight excluding hydrogens is 240 g/mol. The van der Waals surface area contributed by atoms with Gasteiger partial charge in [-0.15, -0.1) is 0 Å². The number of nitrogens with zero attached hydrogens (tertiary/aromatic N) is 3. The van der Waals surface area contributed by atoms with Crippen LogP contribution in [0.4, 0.5) is 17.6 Å². The summed E-state index contributed by atoms with van der Waals surface area (Å²) in [5, 5.41) is 6.53. The van der Waals surface area contributed by atoms with Crippen molar-refractivity contribution in [3.8, 4) is 0 Å². The Morgan fingerprint density at radius 3 is 2.79 bits per heavy atom. The largest absolute Gasteiger partial charge is 0.370 e. The molecule has 1 saturated heterocycles. The van der Waals surface area contributed by atoms with E-state index in [1.54, 1.807) is 0 Å². The third kappa shape index (κ3) is 4.24. The standard InChI is InChI=1S/C13H24N6/c1-3-15-11-7-12(18-13(14)17-11)16-8-10-5-4-6-19(2)9-10/h7,10H,3-6,8-9H2,1-2H3,(H4,14,15,16,17,18). The molecule has 0 aromatic carbocycles. The van der Waals surface area contributed by atoms with Crippen LogP contribution < -0.4 is 16.4 Å². The van der Waals surface area contributed by atoms with Gasteiger partial charge >= 0.3 is 0 Å². The van der Waals surface area contributed by atoms with Crippen LogP contribution in [0.25, 0.3) is 0 Å². The average molecular weight is 264 g/mol. The van der Waals surface area contributed by atoms with E-state index >= 15 is 0 Å². The second kappa shape index (κ2) is 6.56. The summed E-state index contributed by atoms with van der Waals surface area (Å²) in [6, 6.07) is 1.91. The average Bonchev–Trinajstić information content (AvgIpc) is 2.36. The number of rotatable bonds is 5. The van der Waals surface area contributed by atoms with Crippen LogP contribution in [0.15, 0.2) is 6.07 Å². The Labute approximate surface area is 114 Å². The molecule has 106 valence electrons. The fourth-order valence-electron chi connectivity index (χ4n) is 2.52. The highest BCUT2D eigenvalue weighted by Gasteiger charge is 2.17. The van der Waals surface area contributed by atoms with Gasteiger partial charge in [0.1, 0.15) is 11.6 Å². The summed E-state index contributed by atoms with van der Waals surface area (Å²) in [5.41, 5.74) is 5.71. The van der Waals surface area contributed by atoms with Crippen molar-refractivity contribution in [2.45, 2.75) is 19.8 Å². The number of hydrogen-bond donors (Lipinski definition) is 3. The van der Waals surface area contributed by atoms with Crippen molar-refractivity contribution in [3.63, 3.8) is 0 Å². The van der Waals surface area contributed by atoms with E-state index in [2.05, 4.69) is 32.5 Å². The molecule has 1 aliphatic heterocycles. The second-order valence-electron chi connectivity index (χ2n) is 5.18. The van der Waals surface area contributed by atoms with E-state index in [4.69, 9.17) is 5.73 Å². The zero-order chi connectivity index (χ0) is 13.7. The lowest BCUT2D eigenvalue weighted by molar-refractivity contribution is 0.217. The molecule has 1 aliphatic rings. The molecule has 0 aliphatic carbocycles. The quantitative estimate of drug-likeness (QED) is 0.742. The van der Waals surface area contributed by atoms with Gasteiger partial charge in [0, 0.05) is 25.7 Å². The highest BCUT2D eigenvalue weighted by molar-refractivity contribution is 5.50. The summed E-state index contributed by atoms with van der Waals surface area (Å²) < 4.78 is 0. The van der Waals surface area contributed by atoms with E-state index in [9.17, 15) is 0 Å². The van der Waals surface area contributed by atoms with Crippen molar-refractivity contribution in [2.24, 2.45) is 5.92 Å². The van der Waals surface area contributed by atoms with Gasteiger partial charge in [-0.3, -0.25) is 0 Å². The SMILES string of the molecule is CCNc1cc(NCC2CCCN(C)C2)nc(N)n1. The van der Waals surface area contributed by atoms with Gasteiger partial charge in [0.05, 0.1) is 0 Å². The van der Waals surface area contributed by atoms with Gasteiger partial charge in [-0.2, -0.15) is 9.97 Å². The first-order valence-corrected chi connectivity index (χ1v) is 6.98. The predicted molar refractivity (Wildman–Crippen MR) is 79.3 cm³/mol. The lowest BCUT2D eigenvalue weighted by Crippen LogP contribution is -2.35. The lowest BCUT2D eigenvalue weighted by atomic mass is 9.98. The van der Waals surface area contributed by atoms with Crippen molar-refractivity contribution in [2.75, 3.05) is 49.6 Å². The number of piperidine rings is 1. The highest BCUT2D eigenvalue weighted by atomic mass is 15.1. The number of hydrogen-bond acceptors (Lipinski definition) is 6. The van der Waals surface area contributed by atoms with Crippen LogP contribution in [-0.2, 0) is 0 Å². The van der Waals surface area contributed by atoms with E-state index in [1.807, 2.05) is 13.0 Å². The van der Waals surface area contributed by atoms with Crippen LogP contribution in [0.3, 0.4) is 0 Å². The fraction of sp³-hybridized carbons (Fsp3) is 0.692.